The monoisotopic (exact) mass is 404 g/mol. The van der Waals surface area contributed by atoms with Crippen molar-refractivity contribution in [3.05, 3.63) is 41.5 Å². The van der Waals surface area contributed by atoms with Gasteiger partial charge in [0.25, 0.3) is 5.91 Å². The number of hydrogen-bond acceptors (Lipinski definition) is 7. The quantitative estimate of drug-likeness (QED) is 0.739. The summed E-state index contributed by atoms with van der Waals surface area (Å²) in [5, 5.41) is 6.97. The summed E-state index contributed by atoms with van der Waals surface area (Å²) < 4.78 is 10.0. The minimum atomic E-state index is -0.286. The van der Waals surface area contributed by atoms with E-state index in [4.69, 9.17) is 9.26 Å². The van der Waals surface area contributed by atoms with Crippen LogP contribution in [-0.2, 0) is 10.5 Å². The fraction of sp³-hybridized carbons (Fsp3) is 0.474. The predicted molar refractivity (Wildman–Crippen MR) is 104 cm³/mol. The number of piperidine rings is 1. The highest BCUT2D eigenvalue weighted by molar-refractivity contribution is 7.98. The number of likely N-dealkylation sites (tertiary alicyclic amines) is 1. The molecule has 0 spiro atoms. The number of amides is 2. The molecule has 150 valence electrons. The lowest BCUT2D eigenvalue weighted by atomic mass is 10.0. The van der Waals surface area contributed by atoms with Gasteiger partial charge in [-0.15, -0.1) is 11.8 Å². The minimum absolute atomic E-state index is 0.0380. The molecular formula is C19H24N4O4S. The van der Waals surface area contributed by atoms with Crippen LogP contribution in [0.3, 0.4) is 0 Å². The molecule has 0 unspecified atom stereocenters. The van der Waals surface area contributed by atoms with Crippen molar-refractivity contribution in [1.29, 1.82) is 0 Å². The lowest BCUT2D eigenvalue weighted by molar-refractivity contribution is 0.0858. The fourth-order valence-corrected chi connectivity index (χ4v) is 3.90. The lowest BCUT2D eigenvalue weighted by Gasteiger charge is -2.31. The molecule has 2 amide bonds. The number of nitrogens with zero attached hydrogens (tertiary/aromatic N) is 3. The Hall–Kier alpha value is -2.55. The van der Waals surface area contributed by atoms with Gasteiger partial charge in [0.1, 0.15) is 0 Å². The summed E-state index contributed by atoms with van der Waals surface area (Å²) in [5.41, 5.74) is 0.625. The van der Waals surface area contributed by atoms with Gasteiger partial charge in [-0.2, -0.15) is 4.98 Å². The first-order valence-electron chi connectivity index (χ1n) is 9.30. The van der Waals surface area contributed by atoms with E-state index in [1.165, 1.54) is 11.8 Å². The van der Waals surface area contributed by atoms with E-state index in [0.29, 0.717) is 55.6 Å². The van der Waals surface area contributed by atoms with Crippen molar-refractivity contribution >= 4 is 23.8 Å². The van der Waals surface area contributed by atoms with Gasteiger partial charge in [-0.1, -0.05) is 17.3 Å². The van der Waals surface area contributed by atoms with Crippen LogP contribution in [0.25, 0.3) is 0 Å². The summed E-state index contributed by atoms with van der Waals surface area (Å²) in [7, 11) is 0. The highest BCUT2D eigenvalue weighted by atomic mass is 32.2. The summed E-state index contributed by atoms with van der Waals surface area (Å²) in [4.78, 5) is 31.3. The molecule has 0 radical (unpaired) electrons. The third-order valence-corrected chi connectivity index (χ3v) is 5.48. The topological polar surface area (TPSA) is 97.6 Å². The molecule has 9 heteroatoms. The van der Waals surface area contributed by atoms with Crippen molar-refractivity contribution in [2.24, 2.45) is 0 Å². The maximum Gasteiger partial charge on any atom is 0.409 e. The summed E-state index contributed by atoms with van der Waals surface area (Å²) in [6.45, 7) is 5.07. The van der Waals surface area contributed by atoms with Crippen LogP contribution in [0.1, 0.15) is 41.8 Å². The largest absolute Gasteiger partial charge is 0.450 e. The average molecular weight is 404 g/mol. The molecule has 0 saturated carbocycles. The molecule has 1 aliphatic heterocycles. The maximum atomic E-state index is 12.8. The maximum absolute atomic E-state index is 12.8. The average Bonchev–Trinajstić information content (AvgIpc) is 3.12. The Morgan fingerprint density at radius 1 is 1.32 bits per heavy atom. The van der Waals surface area contributed by atoms with Crippen molar-refractivity contribution in [3.8, 4) is 0 Å². The first-order chi connectivity index (χ1) is 13.6. The number of nitrogens with one attached hydrogen (secondary N) is 1. The second-order valence-corrected chi connectivity index (χ2v) is 7.47. The van der Waals surface area contributed by atoms with Gasteiger partial charge in [0.05, 0.1) is 17.9 Å². The number of thioether (sulfide) groups is 1. The summed E-state index contributed by atoms with van der Waals surface area (Å²) >= 11 is 1.50. The molecule has 0 bridgehead atoms. The van der Waals surface area contributed by atoms with Gasteiger partial charge in [-0.3, -0.25) is 4.79 Å². The Morgan fingerprint density at radius 3 is 2.75 bits per heavy atom. The van der Waals surface area contributed by atoms with Gasteiger partial charge in [-0.05, 0) is 31.9 Å². The zero-order valence-electron chi connectivity index (χ0n) is 16.0. The molecule has 1 aliphatic rings. The van der Waals surface area contributed by atoms with Gasteiger partial charge in [-0.25, -0.2) is 4.79 Å². The predicted octanol–water partition coefficient (Wildman–Crippen LogP) is 3.02. The van der Waals surface area contributed by atoms with E-state index in [0.717, 1.165) is 4.90 Å². The zero-order chi connectivity index (χ0) is 19.9. The molecule has 1 N–H and O–H groups in total. The fourth-order valence-electron chi connectivity index (χ4n) is 3.01. The number of carbonyl (C=O) groups excluding carboxylic acids is 2. The number of aromatic nitrogens is 2. The summed E-state index contributed by atoms with van der Waals surface area (Å²) in [5.74, 6) is 1.54. The number of aryl methyl sites for hydroxylation is 1. The van der Waals surface area contributed by atoms with E-state index in [2.05, 4.69) is 15.5 Å². The molecule has 2 heterocycles. The molecular weight excluding hydrogens is 380 g/mol. The first kappa shape index (κ1) is 20.2. The van der Waals surface area contributed by atoms with Crippen LogP contribution in [0.2, 0.25) is 0 Å². The van der Waals surface area contributed by atoms with Crippen LogP contribution >= 0.6 is 11.8 Å². The van der Waals surface area contributed by atoms with Crippen LogP contribution in [0.5, 0.6) is 0 Å². The molecule has 0 atom stereocenters. The van der Waals surface area contributed by atoms with Crippen LogP contribution < -0.4 is 5.32 Å². The standard InChI is InChI=1S/C19H24N4O4S/c1-3-26-19(25)23-10-8-14(9-11-23)21-18(24)15-6-4-5-7-16(15)28-12-17-20-13(2)27-22-17/h4-7,14H,3,8-12H2,1-2H3,(H,21,24). The molecule has 1 aromatic carbocycles. The van der Waals surface area contributed by atoms with Crippen LogP contribution in [0.4, 0.5) is 4.79 Å². The van der Waals surface area contributed by atoms with E-state index >= 15 is 0 Å². The number of rotatable bonds is 6. The minimum Gasteiger partial charge on any atom is -0.450 e. The van der Waals surface area contributed by atoms with Crippen LogP contribution in [-0.4, -0.2) is 52.8 Å². The van der Waals surface area contributed by atoms with Crippen molar-refractivity contribution in [2.75, 3.05) is 19.7 Å². The molecule has 28 heavy (non-hydrogen) atoms. The molecule has 0 aliphatic carbocycles. The Kier molecular flexibility index (Phi) is 6.91. The van der Waals surface area contributed by atoms with Crippen molar-refractivity contribution in [3.63, 3.8) is 0 Å². The third-order valence-electron chi connectivity index (χ3n) is 4.41. The third kappa shape index (κ3) is 5.25. The van der Waals surface area contributed by atoms with Gasteiger partial charge in [0, 0.05) is 31.0 Å². The van der Waals surface area contributed by atoms with Gasteiger partial charge >= 0.3 is 6.09 Å². The Bertz CT molecular complexity index is 818. The number of benzene rings is 1. The second-order valence-electron chi connectivity index (χ2n) is 6.45. The Morgan fingerprint density at radius 2 is 2.07 bits per heavy atom. The molecule has 1 aromatic heterocycles. The van der Waals surface area contributed by atoms with Gasteiger partial charge in [0.2, 0.25) is 5.89 Å². The van der Waals surface area contributed by atoms with Crippen molar-refractivity contribution < 1.29 is 18.8 Å². The van der Waals surface area contributed by atoms with E-state index in [1.807, 2.05) is 24.3 Å². The van der Waals surface area contributed by atoms with Crippen molar-refractivity contribution in [1.82, 2.24) is 20.4 Å². The normalized spacial score (nSPS) is 14.7. The van der Waals surface area contributed by atoms with Crippen LogP contribution in [0, 0.1) is 6.92 Å². The van der Waals surface area contributed by atoms with E-state index < -0.39 is 0 Å². The highest BCUT2D eigenvalue weighted by Crippen LogP contribution is 2.26. The van der Waals surface area contributed by atoms with Crippen LogP contribution in [0.15, 0.2) is 33.7 Å². The zero-order valence-corrected chi connectivity index (χ0v) is 16.8. The van der Waals surface area contributed by atoms with E-state index in [1.54, 1.807) is 18.7 Å². The first-order valence-corrected chi connectivity index (χ1v) is 10.3. The smallest absolute Gasteiger partial charge is 0.409 e. The molecule has 2 aromatic rings. The number of hydrogen-bond donors (Lipinski definition) is 1. The van der Waals surface area contributed by atoms with E-state index in [-0.39, 0.29) is 18.0 Å². The van der Waals surface area contributed by atoms with Gasteiger partial charge in [0.15, 0.2) is 5.82 Å². The molecule has 3 rings (SSSR count). The molecule has 1 saturated heterocycles. The summed E-state index contributed by atoms with van der Waals surface area (Å²) in [6.07, 6.45) is 1.13. The van der Waals surface area contributed by atoms with Gasteiger partial charge < -0.3 is 19.5 Å². The Balaban J connectivity index is 1.55. The van der Waals surface area contributed by atoms with E-state index in [9.17, 15) is 9.59 Å². The summed E-state index contributed by atoms with van der Waals surface area (Å²) in [6, 6.07) is 7.51. The molecule has 1 fully saturated rings. The highest BCUT2D eigenvalue weighted by Gasteiger charge is 2.25. The number of carbonyl (C=O) groups is 2. The molecule has 8 nitrogen and oxygen atoms in total. The Labute approximate surface area is 168 Å². The van der Waals surface area contributed by atoms with Crippen molar-refractivity contribution in [2.45, 2.75) is 43.4 Å². The SMILES string of the molecule is CCOC(=O)N1CCC(NC(=O)c2ccccc2SCc2noc(C)n2)CC1. The second kappa shape index (κ2) is 9.59. The number of ether oxygens (including phenoxy) is 1. The lowest BCUT2D eigenvalue weighted by Crippen LogP contribution is -2.46.